The van der Waals surface area contributed by atoms with Crippen LogP contribution in [0.2, 0.25) is 25.7 Å². The molecule has 0 radical (unpaired) electrons. The molecule has 4 N–H and O–H groups in total. The third-order valence-corrected chi connectivity index (χ3v) is 5.93. The zero-order chi connectivity index (χ0) is 20.3. The van der Waals surface area contributed by atoms with E-state index in [0.717, 1.165) is 36.6 Å². The van der Waals surface area contributed by atoms with E-state index in [1.54, 1.807) is 0 Å². The fourth-order valence-electron chi connectivity index (χ4n) is 2.46. The van der Waals surface area contributed by atoms with Gasteiger partial charge in [0.25, 0.3) is 0 Å². The van der Waals surface area contributed by atoms with Crippen LogP contribution in [-0.4, -0.2) is 39.3 Å². The molecule has 1 aromatic carbocycles. The normalized spacial score (nSPS) is 12.3. The number of amides is 2. The molecule has 0 heterocycles. The van der Waals surface area contributed by atoms with E-state index in [1.807, 2.05) is 31.2 Å². The number of carbonyl (C=O) groups excluding carboxylic acids is 2. The van der Waals surface area contributed by atoms with Crippen LogP contribution in [0.5, 0.6) is 0 Å². The van der Waals surface area contributed by atoms with Gasteiger partial charge in [0, 0.05) is 26.3 Å². The molecule has 2 amide bonds. The first-order chi connectivity index (χ1) is 12.7. The largest absolute Gasteiger partial charge is 0.466 e. The topological polar surface area (TPSA) is 93.5 Å². The molecule has 152 valence electrons. The number of hydrogen-bond donors (Lipinski definition) is 3. The van der Waals surface area contributed by atoms with Gasteiger partial charge in [-0.15, -0.1) is 0 Å². The summed E-state index contributed by atoms with van der Waals surface area (Å²) in [6, 6.07) is 8.22. The summed E-state index contributed by atoms with van der Waals surface area (Å²) in [6.45, 7) is 9.78. The monoisotopic (exact) mass is 393 g/mol. The van der Waals surface area contributed by atoms with Crippen LogP contribution in [0.4, 0.5) is 10.5 Å². The van der Waals surface area contributed by atoms with Crippen LogP contribution in [-0.2, 0) is 9.53 Å². The Kier molecular flexibility index (Phi) is 10.1. The first kappa shape index (κ1) is 23.2. The Balaban J connectivity index is 2.09. The molecule has 0 spiro atoms. The number of nitrogens with two attached hydrogens (primary N) is 1. The van der Waals surface area contributed by atoms with Crippen molar-refractivity contribution >= 4 is 25.8 Å². The van der Waals surface area contributed by atoms with E-state index in [1.165, 1.54) is 0 Å². The number of unbranched alkanes of at least 4 members (excludes halogenated alkanes) is 1. The molecule has 27 heavy (non-hydrogen) atoms. The molecule has 6 nitrogen and oxygen atoms in total. The number of aryl methyl sites for hydroxylation is 1. The number of carbonyl (C=O) groups is 2. The minimum Gasteiger partial charge on any atom is -0.466 e. The highest BCUT2D eigenvalue weighted by Gasteiger charge is 2.15. The minimum absolute atomic E-state index is 0.190. The van der Waals surface area contributed by atoms with Crippen molar-refractivity contribution in [3.05, 3.63) is 29.8 Å². The highest BCUT2D eigenvalue weighted by Crippen LogP contribution is 2.12. The first-order valence-corrected chi connectivity index (χ1v) is 13.4. The lowest BCUT2D eigenvalue weighted by Crippen LogP contribution is -2.30. The van der Waals surface area contributed by atoms with Crippen molar-refractivity contribution in [1.82, 2.24) is 5.32 Å². The summed E-state index contributed by atoms with van der Waals surface area (Å²) < 4.78 is 5.26. The molecule has 0 unspecified atom stereocenters. The highest BCUT2D eigenvalue weighted by molar-refractivity contribution is 6.76. The van der Waals surface area contributed by atoms with Crippen molar-refractivity contribution in [2.24, 2.45) is 5.73 Å². The van der Waals surface area contributed by atoms with Crippen LogP contribution in [0.3, 0.4) is 0 Å². The van der Waals surface area contributed by atoms with Crippen LogP contribution in [0.15, 0.2) is 24.3 Å². The molecule has 0 aliphatic carbocycles. The van der Waals surface area contributed by atoms with Gasteiger partial charge in [-0.3, -0.25) is 4.79 Å². The number of rotatable bonds is 11. The maximum Gasteiger partial charge on any atom is 0.319 e. The van der Waals surface area contributed by atoms with Gasteiger partial charge in [-0.2, -0.15) is 0 Å². The van der Waals surface area contributed by atoms with Crippen molar-refractivity contribution in [2.45, 2.75) is 64.3 Å². The number of anilines is 1. The van der Waals surface area contributed by atoms with Gasteiger partial charge >= 0.3 is 12.0 Å². The zero-order valence-corrected chi connectivity index (χ0v) is 18.1. The molecule has 0 saturated carbocycles. The van der Waals surface area contributed by atoms with Crippen molar-refractivity contribution in [2.75, 3.05) is 18.5 Å². The second kappa shape index (κ2) is 11.8. The molecular weight excluding hydrogens is 358 g/mol. The third-order valence-electron chi connectivity index (χ3n) is 4.22. The Morgan fingerprint density at radius 2 is 1.89 bits per heavy atom. The summed E-state index contributed by atoms with van der Waals surface area (Å²) in [5.41, 5.74) is 7.83. The van der Waals surface area contributed by atoms with Gasteiger partial charge in [-0.1, -0.05) is 44.3 Å². The summed E-state index contributed by atoms with van der Waals surface area (Å²) in [5.74, 6) is -0.212. The van der Waals surface area contributed by atoms with Crippen molar-refractivity contribution in [1.29, 1.82) is 0 Å². The molecule has 0 aromatic heterocycles. The summed E-state index contributed by atoms with van der Waals surface area (Å²) in [4.78, 5) is 23.6. The van der Waals surface area contributed by atoms with E-state index in [-0.39, 0.29) is 24.5 Å². The Labute approximate surface area is 164 Å². The number of para-hydroxylation sites is 1. The molecule has 0 aliphatic heterocycles. The van der Waals surface area contributed by atoms with Crippen LogP contribution in [0, 0.1) is 6.92 Å². The van der Waals surface area contributed by atoms with Crippen LogP contribution >= 0.6 is 0 Å². The lowest BCUT2D eigenvalue weighted by molar-refractivity contribution is -0.143. The Hall–Kier alpha value is -1.86. The fraction of sp³-hybridized carbons (Fsp3) is 0.600. The smallest absolute Gasteiger partial charge is 0.319 e. The average molecular weight is 394 g/mol. The molecule has 1 atom stereocenters. The molecule has 1 rings (SSSR count). The van der Waals surface area contributed by atoms with Gasteiger partial charge in [0.05, 0.1) is 13.0 Å². The number of esters is 1. The second-order valence-electron chi connectivity index (χ2n) is 8.19. The van der Waals surface area contributed by atoms with E-state index >= 15 is 0 Å². The van der Waals surface area contributed by atoms with Crippen LogP contribution < -0.4 is 16.4 Å². The molecule has 1 aromatic rings. The van der Waals surface area contributed by atoms with Crippen LogP contribution in [0.1, 0.15) is 31.2 Å². The van der Waals surface area contributed by atoms with E-state index in [2.05, 4.69) is 30.3 Å². The Morgan fingerprint density at radius 3 is 2.56 bits per heavy atom. The SMILES string of the molecule is Cc1ccccc1NC(=O)NCCCC[C@H](N)CC(=O)OCC[Si](C)(C)C. The summed E-state index contributed by atoms with van der Waals surface area (Å²) in [5, 5.41) is 5.67. The average Bonchev–Trinajstić information content (AvgIpc) is 2.55. The van der Waals surface area contributed by atoms with Gasteiger partial charge < -0.3 is 21.1 Å². The van der Waals surface area contributed by atoms with Crippen molar-refractivity contribution in [3.63, 3.8) is 0 Å². The zero-order valence-electron chi connectivity index (χ0n) is 17.1. The predicted molar refractivity (Wildman–Crippen MR) is 114 cm³/mol. The summed E-state index contributed by atoms with van der Waals surface area (Å²) in [7, 11) is -1.18. The van der Waals surface area contributed by atoms with E-state index in [0.29, 0.717) is 13.2 Å². The molecule has 0 fully saturated rings. The van der Waals surface area contributed by atoms with E-state index in [9.17, 15) is 9.59 Å². The molecular formula is C20H35N3O3Si. The maximum absolute atomic E-state index is 11.9. The second-order valence-corrected chi connectivity index (χ2v) is 13.8. The van der Waals surface area contributed by atoms with Gasteiger partial charge in [0.1, 0.15) is 0 Å². The lowest BCUT2D eigenvalue weighted by Gasteiger charge is -2.16. The lowest BCUT2D eigenvalue weighted by atomic mass is 10.1. The maximum atomic E-state index is 11.9. The number of urea groups is 1. The van der Waals surface area contributed by atoms with Crippen molar-refractivity contribution < 1.29 is 14.3 Å². The summed E-state index contributed by atoms with van der Waals surface area (Å²) in [6.07, 6.45) is 2.67. The molecule has 0 aliphatic rings. The molecule has 0 saturated heterocycles. The third kappa shape index (κ3) is 11.5. The van der Waals surface area contributed by atoms with Crippen molar-refractivity contribution in [3.8, 4) is 0 Å². The molecule has 0 bridgehead atoms. The van der Waals surface area contributed by atoms with Gasteiger partial charge in [0.15, 0.2) is 0 Å². The Morgan fingerprint density at radius 1 is 1.19 bits per heavy atom. The number of hydrogen-bond acceptors (Lipinski definition) is 4. The number of nitrogens with one attached hydrogen (secondary N) is 2. The minimum atomic E-state index is -1.18. The fourth-order valence-corrected chi connectivity index (χ4v) is 3.17. The number of ether oxygens (including phenoxy) is 1. The van der Waals surface area contributed by atoms with Gasteiger partial charge in [-0.05, 0) is 37.4 Å². The van der Waals surface area contributed by atoms with Gasteiger partial charge in [-0.25, -0.2) is 4.79 Å². The van der Waals surface area contributed by atoms with E-state index in [4.69, 9.17) is 10.5 Å². The van der Waals surface area contributed by atoms with Gasteiger partial charge in [0.2, 0.25) is 0 Å². The standard InChI is InChI=1S/C20H35N3O3Si/c1-16-9-5-6-11-18(16)23-20(25)22-12-8-7-10-17(21)15-19(24)26-13-14-27(2,3)4/h5-6,9,11,17H,7-8,10,12-15,21H2,1-4H3,(H2,22,23,25)/t17-/m0/s1. The predicted octanol–water partition coefficient (Wildman–Crippen LogP) is 3.89. The highest BCUT2D eigenvalue weighted by atomic mass is 28.3. The quantitative estimate of drug-likeness (QED) is 0.302. The van der Waals surface area contributed by atoms with Crippen LogP contribution in [0.25, 0.3) is 0 Å². The Bertz CT molecular complexity index is 602. The first-order valence-electron chi connectivity index (χ1n) is 9.69. The van der Waals surface area contributed by atoms with E-state index < -0.39 is 8.07 Å². The summed E-state index contributed by atoms with van der Waals surface area (Å²) >= 11 is 0. The number of benzene rings is 1. The molecule has 7 heteroatoms.